The first-order chi connectivity index (χ1) is 16.4. The predicted molar refractivity (Wildman–Crippen MR) is 125 cm³/mol. The van der Waals surface area contributed by atoms with Crippen LogP contribution in [-0.2, 0) is 14.3 Å². The van der Waals surface area contributed by atoms with Gasteiger partial charge in [-0.25, -0.2) is 14.5 Å². The average Bonchev–Trinajstić information content (AvgIpc) is 3.45. The lowest BCUT2D eigenvalue weighted by molar-refractivity contribution is -0.124. The van der Waals surface area contributed by atoms with E-state index in [1.807, 2.05) is 0 Å². The van der Waals surface area contributed by atoms with E-state index in [1.54, 1.807) is 53.4 Å². The molecule has 0 aromatic heterocycles. The van der Waals surface area contributed by atoms with Crippen molar-refractivity contribution in [3.63, 3.8) is 0 Å². The van der Waals surface area contributed by atoms with Crippen LogP contribution in [0, 0.1) is 0 Å². The smallest absolute Gasteiger partial charge is 0.337 e. The SMILES string of the molecule is COC(=O)c1ccc(NC(=O)CC2C(=O)N(c3cccc(OC)c3)C(=O)N2C2CCCC2)cc1. The Balaban J connectivity index is 1.54. The predicted octanol–water partition coefficient (Wildman–Crippen LogP) is 3.59. The highest BCUT2D eigenvalue weighted by molar-refractivity contribution is 6.22. The van der Waals surface area contributed by atoms with E-state index in [1.165, 1.54) is 14.2 Å². The molecule has 4 rings (SSSR count). The normalized spacial score (nSPS) is 18.4. The van der Waals surface area contributed by atoms with Gasteiger partial charge in [0.1, 0.15) is 11.8 Å². The summed E-state index contributed by atoms with van der Waals surface area (Å²) in [6, 6.07) is 11.6. The Labute approximate surface area is 197 Å². The number of esters is 1. The number of ether oxygens (including phenoxy) is 2. The number of urea groups is 1. The van der Waals surface area contributed by atoms with Crippen LogP contribution in [0.3, 0.4) is 0 Å². The lowest BCUT2D eigenvalue weighted by atomic mass is 10.1. The molecule has 1 aliphatic carbocycles. The molecule has 1 saturated carbocycles. The molecular formula is C25H27N3O6. The zero-order valence-corrected chi connectivity index (χ0v) is 19.2. The maximum atomic E-state index is 13.4. The average molecular weight is 466 g/mol. The topological polar surface area (TPSA) is 105 Å². The van der Waals surface area contributed by atoms with Crippen LogP contribution in [-0.4, -0.2) is 55.0 Å². The Morgan fingerprint density at radius 2 is 1.74 bits per heavy atom. The van der Waals surface area contributed by atoms with Gasteiger partial charge in [0.05, 0.1) is 31.9 Å². The fourth-order valence-electron chi connectivity index (χ4n) is 4.57. The number of imide groups is 1. The van der Waals surface area contributed by atoms with Crippen LogP contribution < -0.4 is 15.0 Å². The van der Waals surface area contributed by atoms with Crippen LogP contribution >= 0.6 is 0 Å². The minimum absolute atomic E-state index is 0.0794. The van der Waals surface area contributed by atoms with Crippen molar-refractivity contribution in [2.75, 3.05) is 24.4 Å². The summed E-state index contributed by atoms with van der Waals surface area (Å²) in [7, 11) is 2.81. The quantitative estimate of drug-likeness (QED) is 0.495. The molecule has 1 saturated heterocycles. The van der Waals surface area contributed by atoms with Gasteiger partial charge >= 0.3 is 12.0 Å². The zero-order valence-electron chi connectivity index (χ0n) is 19.2. The minimum Gasteiger partial charge on any atom is -0.497 e. The first kappa shape index (κ1) is 23.3. The van der Waals surface area contributed by atoms with E-state index in [2.05, 4.69) is 10.1 Å². The summed E-state index contributed by atoms with van der Waals surface area (Å²) < 4.78 is 9.92. The standard InChI is InChI=1S/C25H27N3O6/c1-33-20-9-5-8-19(14-20)28-23(30)21(27(25(28)32)18-6-3-4-7-18)15-22(29)26-17-12-10-16(11-13-17)24(31)34-2/h5,8-14,18,21H,3-4,6-7,15H2,1-2H3,(H,26,29). The fraction of sp³-hybridized carbons (Fsp3) is 0.360. The van der Waals surface area contributed by atoms with Gasteiger partial charge in [0.2, 0.25) is 5.91 Å². The lowest BCUT2D eigenvalue weighted by Crippen LogP contribution is -2.43. The van der Waals surface area contributed by atoms with E-state index in [0.717, 1.165) is 30.6 Å². The number of amides is 4. The third-order valence-electron chi connectivity index (χ3n) is 6.25. The van der Waals surface area contributed by atoms with Crippen LogP contribution in [0.2, 0.25) is 0 Å². The number of nitrogens with one attached hydrogen (secondary N) is 1. The summed E-state index contributed by atoms with van der Waals surface area (Å²) >= 11 is 0. The number of hydrogen-bond acceptors (Lipinski definition) is 6. The van der Waals surface area contributed by atoms with Crippen LogP contribution in [0.5, 0.6) is 5.75 Å². The van der Waals surface area contributed by atoms with Crippen LogP contribution in [0.1, 0.15) is 42.5 Å². The summed E-state index contributed by atoms with van der Waals surface area (Å²) in [5.74, 6) is -0.770. The Hall–Kier alpha value is -3.88. The van der Waals surface area contributed by atoms with Gasteiger partial charge in [0.15, 0.2) is 0 Å². The van der Waals surface area contributed by atoms with Gasteiger partial charge in [-0.2, -0.15) is 0 Å². The molecule has 34 heavy (non-hydrogen) atoms. The first-order valence-corrected chi connectivity index (χ1v) is 11.2. The first-order valence-electron chi connectivity index (χ1n) is 11.2. The van der Waals surface area contributed by atoms with Crippen LogP contribution in [0.15, 0.2) is 48.5 Å². The number of anilines is 2. The molecule has 4 amide bonds. The molecule has 2 aromatic rings. The summed E-state index contributed by atoms with van der Waals surface area (Å²) in [6.07, 6.45) is 3.40. The van der Waals surface area contributed by atoms with Crippen molar-refractivity contribution >= 4 is 35.2 Å². The Morgan fingerprint density at radius 1 is 1.03 bits per heavy atom. The largest absolute Gasteiger partial charge is 0.497 e. The number of rotatable bonds is 7. The number of carbonyl (C=O) groups excluding carboxylic acids is 4. The fourth-order valence-corrected chi connectivity index (χ4v) is 4.57. The molecule has 2 aliphatic rings. The van der Waals surface area contributed by atoms with E-state index in [4.69, 9.17) is 4.74 Å². The number of benzene rings is 2. The second-order valence-corrected chi connectivity index (χ2v) is 8.34. The molecule has 1 N–H and O–H groups in total. The molecule has 1 heterocycles. The maximum absolute atomic E-state index is 13.4. The molecule has 1 unspecified atom stereocenters. The molecule has 0 radical (unpaired) electrons. The monoisotopic (exact) mass is 465 g/mol. The molecule has 2 aromatic carbocycles. The van der Waals surface area contributed by atoms with Crippen molar-refractivity contribution < 1.29 is 28.7 Å². The van der Waals surface area contributed by atoms with Gasteiger partial charge in [0.25, 0.3) is 5.91 Å². The molecule has 1 aliphatic heterocycles. The highest BCUT2D eigenvalue weighted by Gasteiger charge is 2.49. The van der Waals surface area contributed by atoms with Crippen molar-refractivity contribution in [1.82, 2.24) is 4.90 Å². The molecule has 9 nitrogen and oxygen atoms in total. The third-order valence-corrected chi connectivity index (χ3v) is 6.25. The summed E-state index contributed by atoms with van der Waals surface area (Å²) in [6.45, 7) is 0. The number of methoxy groups -OCH3 is 2. The van der Waals surface area contributed by atoms with Gasteiger partial charge < -0.3 is 19.7 Å². The van der Waals surface area contributed by atoms with Crippen molar-refractivity contribution in [2.24, 2.45) is 0 Å². The van der Waals surface area contributed by atoms with Crippen molar-refractivity contribution in [2.45, 2.75) is 44.2 Å². The molecule has 0 bridgehead atoms. The van der Waals surface area contributed by atoms with E-state index in [-0.39, 0.29) is 12.5 Å². The van der Waals surface area contributed by atoms with E-state index in [0.29, 0.717) is 22.7 Å². The van der Waals surface area contributed by atoms with Crippen LogP contribution in [0.4, 0.5) is 16.2 Å². The molecule has 1 atom stereocenters. The summed E-state index contributed by atoms with van der Waals surface area (Å²) in [5, 5.41) is 2.75. The van der Waals surface area contributed by atoms with Gasteiger partial charge in [0, 0.05) is 17.8 Å². The molecular weight excluding hydrogens is 438 g/mol. The molecule has 178 valence electrons. The van der Waals surface area contributed by atoms with Gasteiger partial charge in [-0.15, -0.1) is 0 Å². The Morgan fingerprint density at radius 3 is 2.38 bits per heavy atom. The number of carbonyl (C=O) groups is 4. The zero-order chi connectivity index (χ0) is 24.2. The van der Waals surface area contributed by atoms with Crippen molar-refractivity contribution in [1.29, 1.82) is 0 Å². The molecule has 9 heteroatoms. The number of nitrogens with zero attached hydrogens (tertiary/aromatic N) is 2. The van der Waals surface area contributed by atoms with Gasteiger partial charge in [-0.05, 0) is 49.2 Å². The van der Waals surface area contributed by atoms with Gasteiger partial charge in [-0.1, -0.05) is 18.9 Å². The molecule has 2 fully saturated rings. The highest BCUT2D eigenvalue weighted by Crippen LogP contribution is 2.35. The number of hydrogen-bond donors (Lipinski definition) is 1. The van der Waals surface area contributed by atoms with E-state index in [9.17, 15) is 19.2 Å². The maximum Gasteiger partial charge on any atom is 0.337 e. The highest BCUT2D eigenvalue weighted by atomic mass is 16.5. The van der Waals surface area contributed by atoms with Crippen molar-refractivity contribution in [3.05, 3.63) is 54.1 Å². The second-order valence-electron chi connectivity index (χ2n) is 8.34. The van der Waals surface area contributed by atoms with E-state index >= 15 is 0 Å². The van der Waals surface area contributed by atoms with Gasteiger partial charge in [-0.3, -0.25) is 9.59 Å². The van der Waals surface area contributed by atoms with Crippen molar-refractivity contribution in [3.8, 4) is 5.75 Å². The lowest BCUT2D eigenvalue weighted by Gasteiger charge is -2.27. The minimum atomic E-state index is -0.892. The van der Waals surface area contributed by atoms with Crippen LogP contribution in [0.25, 0.3) is 0 Å². The Bertz CT molecular complexity index is 1090. The van der Waals surface area contributed by atoms with E-state index < -0.39 is 29.9 Å². The summed E-state index contributed by atoms with van der Waals surface area (Å²) in [4.78, 5) is 54.0. The second kappa shape index (κ2) is 9.94. The Kier molecular flexibility index (Phi) is 6.81. The summed E-state index contributed by atoms with van der Waals surface area (Å²) in [5.41, 5.74) is 1.25. The molecule has 0 spiro atoms. The third kappa shape index (κ3) is 4.59.